The molecule has 1 aromatic rings. The second-order valence-corrected chi connectivity index (χ2v) is 8.28. The van der Waals surface area contributed by atoms with Crippen LogP contribution in [0.5, 0.6) is 11.5 Å². The van der Waals surface area contributed by atoms with Gasteiger partial charge in [0.25, 0.3) is 0 Å². The van der Waals surface area contributed by atoms with E-state index in [1.165, 1.54) is 28.4 Å². The number of carboxylic acids is 1. The average Bonchev–Trinajstić information content (AvgIpc) is 2.61. The van der Waals surface area contributed by atoms with Crippen LogP contribution in [0.4, 0.5) is 4.79 Å². The van der Waals surface area contributed by atoms with Crippen LogP contribution in [0.2, 0.25) is 0 Å². The number of fused-ring (bicyclic) bond motifs is 1. The minimum atomic E-state index is -3.69. The number of urea groups is 1. The van der Waals surface area contributed by atoms with Crippen molar-refractivity contribution in [3.05, 3.63) is 18.2 Å². The molecule has 0 unspecified atom stereocenters. The Labute approximate surface area is 156 Å². The van der Waals surface area contributed by atoms with Gasteiger partial charge in [0.05, 0.1) is 17.4 Å². The van der Waals surface area contributed by atoms with E-state index in [0.29, 0.717) is 24.7 Å². The van der Waals surface area contributed by atoms with Crippen molar-refractivity contribution in [3.8, 4) is 11.5 Å². The van der Waals surface area contributed by atoms with Crippen LogP contribution in [0, 0.1) is 0 Å². The van der Waals surface area contributed by atoms with E-state index in [9.17, 15) is 18.0 Å². The minimum Gasteiger partial charge on any atom is -0.486 e. The maximum absolute atomic E-state index is 12.7. The van der Waals surface area contributed by atoms with E-state index < -0.39 is 22.0 Å². The van der Waals surface area contributed by atoms with Gasteiger partial charge in [0.15, 0.2) is 11.5 Å². The van der Waals surface area contributed by atoms with Gasteiger partial charge in [-0.1, -0.05) is 0 Å². The molecule has 148 valence electrons. The van der Waals surface area contributed by atoms with Crippen LogP contribution in [0.3, 0.4) is 0 Å². The Kier molecular flexibility index (Phi) is 5.42. The van der Waals surface area contributed by atoms with Gasteiger partial charge < -0.3 is 24.8 Å². The van der Waals surface area contributed by atoms with Crippen molar-refractivity contribution in [1.82, 2.24) is 14.5 Å². The number of carbonyl (C=O) groups excluding carboxylic acids is 1. The molecule has 27 heavy (non-hydrogen) atoms. The molecule has 0 atom stereocenters. The van der Waals surface area contributed by atoms with Gasteiger partial charge in [0.2, 0.25) is 10.0 Å². The van der Waals surface area contributed by atoms with E-state index in [-0.39, 0.29) is 37.0 Å². The first-order valence-electron chi connectivity index (χ1n) is 8.40. The van der Waals surface area contributed by atoms with Crippen LogP contribution in [0.25, 0.3) is 0 Å². The van der Waals surface area contributed by atoms with Gasteiger partial charge in [0, 0.05) is 32.7 Å². The quantitative estimate of drug-likeness (QED) is 0.687. The lowest BCUT2D eigenvalue weighted by atomic mass is 10.2. The highest BCUT2D eigenvalue weighted by Crippen LogP contribution is 2.33. The molecule has 0 saturated carbocycles. The Morgan fingerprint density at radius 3 is 2.59 bits per heavy atom. The van der Waals surface area contributed by atoms with Crippen LogP contribution in [0.1, 0.15) is 6.42 Å². The zero-order chi connectivity index (χ0) is 19.6. The van der Waals surface area contributed by atoms with Crippen LogP contribution in [-0.4, -0.2) is 80.7 Å². The third-order valence-electron chi connectivity index (χ3n) is 4.33. The third-order valence-corrected chi connectivity index (χ3v) is 6.16. The first kappa shape index (κ1) is 19.2. The van der Waals surface area contributed by atoms with Gasteiger partial charge in [-0.3, -0.25) is 4.79 Å². The molecule has 0 bridgehead atoms. The van der Waals surface area contributed by atoms with Crippen molar-refractivity contribution >= 4 is 22.0 Å². The molecular formula is C16H21N3O7S. The number of nitrogens with one attached hydrogen (secondary N) is 1. The van der Waals surface area contributed by atoms with Crippen molar-refractivity contribution in [3.63, 3.8) is 0 Å². The highest BCUT2D eigenvalue weighted by Gasteiger charge is 2.38. The van der Waals surface area contributed by atoms with Gasteiger partial charge >= 0.3 is 12.0 Å². The number of benzene rings is 1. The minimum absolute atomic E-state index is 0.0765. The molecule has 2 aliphatic heterocycles. The SMILES string of the molecule is CN(CCC(=O)O)C(=O)NC1CN(S(=O)(=O)c2ccc3c(c2)OCCO3)C1. The highest BCUT2D eigenvalue weighted by molar-refractivity contribution is 7.89. The van der Waals surface area contributed by atoms with Crippen molar-refractivity contribution in [1.29, 1.82) is 0 Å². The molecule has 0 aromatic heterocycles. The number of sulfonamides is 1. The lowest BCUT2D eigenvalue weighted by molar-refractivity contribution is -0.137. The first-order valence-corrected chi connectivity index (χ1v) is 9.84. The summed E-state index contributed by atoms with van der Waals surface area (Å²) in [7, 11) is -2.20. The molecule has 2 amide bonds. The van der Waals surface area contributed by atoms with Gasteiger partial charge in [-0.2, -0.15) is 4.31 Å². The summed E-state index contributed by atoms with van der Waals surface area (Å²) in [5.41, 5.74) is 0. The predicted molar refractivity (Wildman–Crippen MR) is 93.4 cm³/mol. The summed E-state index contributed by atoms with van der Waals surface area (Å²) in [4.78, 5) is 23.9. The van der Waals surface area contributed by atoms with Crippen LogP contribution in [-0.2, 0) is 14.8 Å². The molecular weight excluding hydrogens is 378 g/mol. The van der Waals surface area contributed by atoms with Gasteiger partial charge in [-0.15, -0.1) is 0 Å². The summed E-state index contributed by atoms with van der Waals surface area (Å²) < 4.78 is 37.4. The van der Waals surface area contributed by atoms with Crippen molar-refractivity contribution in [2.24, 2.45) is 0 Å². The number of rotatable bonds is 6. The molecule has 0 spiro atoms. The maximum atomic E-state index is 12.7. The number of carboxylic acid groups (broad SMARTS) is 1. The Hall–Kier alpha value is -2.53. The maximum Gasteiger partial charge on any atom is 0.317 e. The fourth-order valence-corrected chi connectivity index (χ4v) is 4.26. The molecule has 10 nitrogen and oxygen atoms in total. The van der Waals surface area contributed by atoms with Crippen LogP contribution in [0.15, 0.2) is 23.1 Å². The van der Waals surface area contributed by atoms with Gasteiger partial charge in [-0.05, 0) is 12.1 Å². The van der Waals surface area contributed by atoms with Crippen LogP contribution >= 0.6 is 0 Å². The highest BCUT2D eigenvalue weighted by atomic mass is 32.2. The van der Waals surface area contributed by atoms with E-state index in [0.717, 1.165) is 0 Å². The van der Waals surface area contributed by atoms with Gasteiger partial charge in [0.1, 0.15) is 13.2 Å². The summed E-state index contributed by atoms with van der Waals surface area (Å²) in [5.74, 6) is -0.0823. The van der Waals surface area contributed by atoms with Crippen molar-refractivity contribution in [2.45, 2.75) is 17.4 Å². The molecule has 0 radical (unpaired) electrons. The largest absolute Gasteiger partial charge is 0.486 e. The van der Waals surface area contributed by atoms with Gasteiger partial charge in [-0.25, -0.2) is 13.2 Å². The molecule has 2 heterocycles. The van der Waals surface area contributed by atoms with E-state index in [4.69, 9.17) is 14.6 Å². The van der Waals surface area contributed by atoms with Crippen LogP contribution < -0.4 is 14.8 Å². The number of carbonyl (C=O) groups is 2. The normalized spacial score (nSPS) is 17.1. The van der Waals surface area contributed by atoms with Crippen molar-refractivity contribution < 1.29 is 32.6 Å². The molecule has 11 heteroatoms. The number of hydrogen-bond acceptors (Lipinski definition) is 6. The molecule has 0 aliphatic carbocycles. The Bertz CT molecular complexity index is 836. The lowest BCUT2D eigenvalue weighted by Crippen LogP contribution is -2.62. The zero-order valence-corrected chi connectivity index (χ0v) is 15.6. The first-order chi connectivity index (χ1) is 12.8. The number of amides is 2. The second-order valence-electron chi connectivity index (χ2n) is 6.34. The van der Waals surface area contributed by atoms with E-state index in [2.05, 4.69) is 5.32 Å². The summed E-state index contributed by atoms with van der Waals surface area (Å²) in [6.45, 7) is 1.16. The summed E-state index contributed by atoms with van der Waals surface area (Å²) >= 11 is 0. The number of aliphatic carboxylic acids is 1. The molecule has 2 aliphatic rings. The Morgan fingerprint density at radius 2 is 1.93 bits per heavy atom. The zero-order valence-electron chi connectivity index (χ0n) is 14.8. The summed E-state index contributed by atoms with van der Waals surface area (Å²) in [6, 6.07) is 3.72. The van der Waals surface area contributed by atoms with E-state index in [1.807, 2.05) is 0 Å². The fraction of sp³-hybridized carbons (Fsp3) is 0.500. The monoisotopic (exact) mass is 399 g/mol. The Balaban J connectivity index is 1.55. The third kappa shape index (κ3) is 4.25. The summed E-state index contributed by atoms with van der Waals surface area (Å²) in [5, 5.41) is 11.3. The Morgan fingerprint density at radius 1 is 1.26 bits per heavy atom. The lowest BCUT2D eigenvalue weighted by Gasteiger charge is -2.39. The number of ether oxygens (including phenoxy) is 2. The standard InChI is InChI=1S/C16H21N3O7S/c1-18(5-4-15(20)21)16(22)17-11-9-19(10-11)27(23,24)12-2-3-13-14(8-12)26-7-6-25-13/h2-3,8,11H,4-7,9-10H2,1H3,(H,17,22)(H,20,21). The smallest absolute Gasteiger partial charge is 0.317 e. The molecule has 1 saturated heterocycles. The molecule has 1 fully saturated rings. The van der Waals surface area contributed by atoms with E-state index >= 15 is 0 Å². The number of nitrogens with zero attached hydrogens (tertiary/aromatic N) is 2. The van der Waals surface area contributed by atoms with E-state index in [1.54, 1.807) is 6.07 Å². The molecule has 1 aromatic carbocycles. The topological polar surface area (TPSA) is 125 Å². The average molecular weight is 399 g/mol. The van der Waals surface area contributed by atoms with Crippen molar-refractivity contribution in [2.75, 3.05) is 39.9 Å². The molecule has 3 rings (SSSR count). The summed E-state index contributed by atoms with van der Waals surface area (Å²) in [6.07, 6.45) is -0.154. The molecule has 2 N–H and O–H groups in total. The second kappa shape index (κ2) is 7.61. The number of hydrogen-bond donors (Lipinski definition) is 2. The predicted octanol–water partition coefficient (Wildman–Crippen LogP) is -0.0532. The fourth-order valence-electron chi connectivity index (χ4n) is 2.71.